The predicted molar refractivity (Wildman–Crippen MR) is 57.2 cm³/mol. The van der Waals surface area contributed by atoms with Crippen LogP contribution in [-0.4, -0.2) is 30.4 Å². The lowest BCUT2D eigenvalue weighted by atomic mass is 9.88. The Balaban J connectivity index is 4.13. The predicted octanol–water partition coefficient (Wildman–Crippen LogP) is 3.40. The van der Waals surface area contributed by atoms with Gasteiger partial charge in [-0.05, 0) is 12.1 Å². The highest BCUT2D eigenvalue weighted by Crippen LogP contribution is 2.53. The molecular weight excluding hydrogens is 406 g/mol. The summed E-state index contributed by atoms with van der Waals surface area (Å²) >= 11 is 0. The van der Waals surface area contributed by atoms with E-state index in [-0.39, 0.29) is 0 Å². The van der Waals surface area contributed by atoms with Crippen LogP contribution in [0.25, 0.3) is 0 Å². The zero-order valence-electron chi connectivity index (χ0n) is 11.1. The number of hydrogen-bond donors (Lipinski definition) is 2. The largest absolute Gasteiger partial charge is 0.430 e. The summed E-state index contributed by atoms with van der Waals surface area (Å²) in [6.45, 7) is 0. The first-order valence-electron chi connectivity index (χ1n) is 5.49. The number of hydrogen-bond acceptors (Lipinski definition) is 3. The van der Waals surface area contributed by atoms with Crippen LogP contribution in [0.5, 0.6) is 0 Å². The molecule has 0 fully saturated rings. The third-order valence-corrected chi connectivity index (χ3v) is 3.73. The normalized spacial score (nSPS) is 14.7. The molecule has 0 aliphatic carbocycles. The monoisotopic (exact) mass is 410 g/mol. The standard InChI is InChI=1S/C10H4F10O4S/c11-5-1-4(8(12,13)14)3(2-6(5)25(22,23)24)7(21,9(15,16)17)10(18,19)20/h1-2,21H,(H,22,23,24). The van der Waals surface area contributed by atoms with Crippen LogP contribution in [0.3, 0.4) is 0 Å². The van der Waals surface area contributed by atoms with Crippen molar-refractivity contribution in [2.75, 3.05) is 0 Å². The summed E-state index contributed by atoms with van der Waals surface area (Å²) in [7, 11) is -5.86. The van der Waals surface area contributed by atoms with E-state index in [1.807, 2.05) is 0 Å². The maximum atomic E-state index is 13.4. The third-order valence-electron chi connectivity index (χ3n) is 2.87. The van der Waals surface area contributed by atoms with Gasteiger partial charge in [-0.15, -0.1) is 0 Å². The second-order valence-electron chi connectivity index (χ2n) is 4.51. The zero-order valence-corrected chi connectivity index (χ0v) is 11.9. The molecule has 0 atom stereocenters. The fourth-order valence-electron chi connectivity index (χ4n) is 1.75. The maximum absolute atomic E-state index is 13.4. The molecular formula is C10H4F10O4S. The molecule has 0 bridgehead atoms. The van der Waals surface area contributed by atoms with Crippen molar-refractivity contribution in [3.8, 4) is 0 Å². The van der Waals surface area contributed by atoms with Crippen LogP contribution < -0.4 is 0 Å². The van der Waals surface area contributed by atoms with Crippen molar-refractivity contribution in [2.45, 2.75) is 29.0 Å². The smallest absolute Gasteiger partial charge is 0.369 e. The Hall–Kier alpha value is -1.61. The van der Waals surface area contributed by atoms with Crippen LogP contribution in [0, 0.1) is 5.82 Å². The minimum Gasteiger partial charge on any atom is -0.369 e. The topological polar surface area (TPSA) is 74.6 Å². The second-order valence-corrected chi connectivity index (χ2v) is 5.90. The van der Waals surface area contributed by atoms with Crippen molar-refractivity contribution >= 4 is 10.1 Å². The summed E-state index contributed by atoms with van der Waals surface area (Å²) in [6, 6.07) is -2.09. The molecule has 144 valence electrons. The highest BCUT2D eigenvalue weighted by molar-refractivity contribution is 7.85. The van der Waals surface area contributed by atoms with Crippen molar-refractivity contribution in [2.24, 2.45) is 0 Å². The SMILES string of the molecule is O=S(=O)(O)c1cc(C(O)(C(F)(F)F)C(F)(F)F)c(C(F)(F)F)cc1F. The van der Waals surface area contributed by atoms with Gasteiger partial charge in [0.2, 0.25) is 0 Å². The quantitative estimate of drug-likeness (QED) is 0.579. The van der Waals surface area contributed by atoms with Gasteiger partial charge in [0.25, 0.3) is 15.7 Å². The first-order chi connectivity index (χ1) is 10.7. The van der Waals surface area contributed by atoms with Crippen LogP contribution in [0.2, 0.25) is 0 Å². The van der Waals surface area contributed by atoms with Gasteiger partial charge in [0.05, 0.1) is 5.56 Å². The first kappa shape index (κ1) is 21.4. The summed E-state index contributed by atoms with van der Waals surface area (Å²) < 4.78 is 158. The first-order valence-corrected chi connectivity index (χ1v) is 6.93. The maximum Gasteiger partial charge on any atom is 0.430 e. The van der Waals surface area contributed by atoms with Crippen LogP contribution in [0.1, 0.15) is 11.1 Å². The number of rotatable bonds is 2. The fraction of sp³-hybridized carbons (Fsp3) is 0.400. The Bertz CT molecular complexity index is 761. The molecule has 2 N–H and O–H groups in total. The van der Waals surface area contributed by atoms with Gasteiger partial charge in [-0.2, -0.15) is 47.9 Å². The van der Waals surface area contributed by atoms with Crippen LogP contribution in [0.4, 0.5) is 43.9 Å². The van der Waals surface area contributed by atoms with Gasteiger partial charge in [0.15, 0.2) is 0 Å². The number of alkyl halides is 9. The zero-order chi connectivity index (χ0) is 20.2. The van der Waals surface area contributed by atoms with Crippen molar-refractivity contribution < 1.29 is 62.0 Å². The van der Waals surface area contributed by atoms with Crippen molar-refractivity contribution in [1.29, 1.82) is 0 Å². The minimum atomic E-state index is -6.81. The summed E-state index contributed by atoms with van der Waals surface area (Å²) in [4.78, 5) is -2.32. The molecule has 0 saturated carbocycles. The lowest BCUT2D eigenvalue weighted by Crippen LogP contribution is -2.54. The lowest BCUT2D eigenvalue weighted by Gasteiger charge is -2.34. The molecule has 4 nitrogen and oxygen atoms in total. The van der Waals surface area contributed by atoms with Crippen molar-refractivity contribution in [1.82, 2.24) is 0 Å². The molecule has 0 spiro atoms. The van der Waals surface area contributed by atoms with Gasteiger partial charge in [-0.3, -0.25) is 4.55 Å². The molecule has 0 aliphatic rings. The van der Waals surface area contributed by atoms with Gasteiger partial charge in [-0.1, -0.05) is 0 Å². The third kappa shape index (κ3) is 3.67. The van der Waals surface area contributed by atoms with E-state index in [1.165, 1.54) is 0 Å². The Morgan fingerprint density at radius 2 is 1.20 bits per heavy atom. The molecule has 0 amide bonds. The molecule has 0 aromatic heterocycles. The van der Waals surface area contributed by atoms with E-state index in [1.54, 1.807) is 0 Å². The Morgan fingerprint density at radius 1 is 0.800 bits per heavy atom. The summed E-state index contributed by atoms with van der Waals surface area (Å²) in [5.41, 5.74) is -12.2. The van der Waals surface area contributed by atoms with Gasteiger partial charge in [-0.25, -0.2) is 4.39 Å². The molecule has 0 radical (unpaired) electrons. The second kappa shape index (κ2) is 5.70. The summed E-state index contributed by atoms with van der Waals surface area (Å²) in [5.74, 6) is -2.48. The van der Waals surface area contributed by atoms with Crippen LogP contribution >= 0.6 is 0 Å². The van der Waals surface area contributed by atoms with Crippen LogP contribution in [0.15, 0.2) is 17.0 Å². The van der Waals surface area contributed by atoms with E-state index in [0.717, 1.165) is 0 Å². The molecule has 15 heteroatoms. The molecule has 25 heavy (non-hydrogen) atoms. The number of benzene rings is 1. The number of aliphatic hydroxyl groups is 1. The highest BCUT2D eigenvalue weighted by Gasteiger charge is 2.73. The van der Waals surface area contributed by atoms with Crippen molar-refractivity contribution in [3.05, 3.63) is 29.1 Å². The average Bonchev–Trinajstić information content (AvgIpc) is 2.32. The van der Waals surface area contributed by atoms with Gasteiger partial charge < -0.3 is 5.11 Å². The average molecular weight is 410 g/mol. The van der Waals surface area contributed by atoms with Crippen LogP contribution in [-0.2, 0) is 21.9 Å². The lowest BCUT2D eigenvalue weighted by molar-refractivity contribution is -0.377. The van der Waals surface area contributed by atoms with E-state index >= 15 is 0 Å². The highest BCUT2D eigenvalue weighted by atomic mass is 32.2. The van der Waals surface area contributed by atoms with Gasteiger partial charge >= 0.3 is 18.5 Å². The minimum absolute atomic E-state index is 1.01. The molecule has 1 rings (SSSR count). The Labute approximate surface area is 131 Å². The summed E-state index contributed by atoms with van der Waals surface area (Å²) in [6.07, 6.45) is -19.7. The van der Waals surface area contributed by atoms with E-state index in [0.29, 0.717) is 0 Å². The van der Waals surface area contributed by atoms with E-state index < -0.39 is 68.2 Å². The molecule has 1 aromatic rings. The van der Waals surface area contributed by atoms with Gasteiger partial charge in [0, 0.05) is 5.56 Å². The van der Waals surface area contributed by atoms with E-state index in [2.05, 4.69) is 0 Å². The molecule has 0 unspecified atom stereocenters. The molecule has 0 heterocycles. The molecule has 1 aromatic carbocycles. The Morgan fingerprint density at radius 3 is 1.48 bits per heavy atom. The van der Waals surface area contributed by atoms with E-state index in [9.17, 15) is 52.3 Å². The van der Waals surface area contributed by atoms with Gasteiger partial charge in [0.1, 0.15) is 10.7 Å². The van der Waals surface area contributed by atoms with E-state index in [4.69, 9.17) is 9.66 Å². The number of halogens is 10. The fourth-order valence-corrected chi connectivity index (χ4v) is 2.32. The summed E-state index contributed by atoms with van der Waals surface area (Å²) in [5, 5.41) is 9.03. The van der Waals surface area contributed by atoms with Crippen molar-refractivity contribution in [3.63, 3.8) is 0 Å². The molecule has 0 aliphatic heterocycles. The molecule has 0 saturated heterocycles. The Kier molecular flexibility index (Phi) is 4.89.